The number of rotatable bonds is 10. The minimum Gasteiger partial charge on any atom is -0.465 e. The van der Waals surface area contributed by atoms with Crippen LogP contribution in [-0.4, -0.2) is 12.6 Å². The van der Waals surface area contributed by atoms with E-state index >= 15 is 0 Å². The number of benzene rings is 2. The molecule has 0 atom stereocenters. The van der Waals surface area contributed by atoms with Crippen molar-refractivity contribution in [3.8, 4) is 0 Å². The maximum absolute atomic E-state index is 12.1. The summed E-state index contributed by atoms with van der Waals surface area (Å²) < 4.78 is 5.36. The molecule has 26 heavy (non-hydrogen) atoms. The van der Waals surface area contributed by atoms with Gasteiger partial charge < -0.3 is 10.1 Å². The largest absolute Gasteiger partial charge is 0.465 e. The zero-order valence-electron chi connectivity index (χ0n) is 15.1. The van der Waals surface area contributed by atoms with E-state index in [2.05, 4.69) is 12.2 Å². The van der Waals surface area contributed by atoms with E-state index in [-0.39, 0.29) is 12.4 Å². The molecule has 5 heteroatoms. The average molecular weight is 394 g/mol. The third kappa shape index (κ3) is 6.54. The van der Waals surface area contributed by atoms with E-state index in [1.807, 2.05) is 24.3 Å². The molecule has 0 heterocycles. The van der Waals surface area contributed by atoms with E-state index in [1.54, 1.807) is 18.2 Å². The van der Waals surface area contributed by atoms with Crippen molar-refractivity contribution in [2.45, 2.75) is 45.4 Å². The number of esters is 1. The topological polar surface area (TPSA) is 38.3 Å². The molecule has 0 saturated carbocycles. The van der Waals surface area contributed by atoms with Crippen molar-refractivity contribution < 1.29 is 9.53 Å². The lowest BCUT2D eigenvalue weighted by Gasteiger charge is -2.14. The first kappa shape index (κ1) is 20.6. The Morgan fingerprint density at radius 1 is 0.962 bits per heavy atom. The van der Waals surface area contributed by atoms with Gasteiger partial charge in [-0.1, -0.05) is 80.1 Å². The fraction of sp³-hybridized carbons (Fsp3) is 0.381. The molecule has 0 saturated heterocycles. The quantitative estimate of drug-likeness (QED) is 0.356. The van der Waals surface area contributed by atoms with E-state index in [0.29, 0.717) is 22.3 Å². The predicted octanol–water partition coefficient (Wildman–Crippen LogP) is 6.79. The van der Waals surface area contributed by atoms with Crippen LogP contribution in [0.5, 0.6) is 0 Å². The summed E-state index contributed by atoms with van der Waals surface area (Å²) in [5, 5.41) is 4.29. The van der Waals surface area contributed by atoms with E-state index in [0.717, 1.165) is 24.1 Å². The molecule has 0 aliphatic heterocycles. The van der Waals surface area contributed by atoms with Gasteiger partial charge in [0, 0.05) is 5.69 Å². The molecule has 0 amide bonds. The molecule has 140 valence electrons. The Morgan fingerprint density at radius 2 is 1.65 bits per heavy atom. The maximum Gasteiger partial charge on any atom is 0.310 e. The summed E-state index contributed by atoms with van der Waals surface area (Å²) in [6.07, 6.45) is 5.86. The highest BCUT2D eigenvalue weighted by Gasteiger charge is 2.12. The number of nitrogens with one attached hydrogen (secondary N) is 1. The van der Waals surface area contributed by atoms with Crippen molar-refractivity contribution in [1.82, 2.24) is 0 Å². The molecule has 0 bridgehead atoms. The van der Waals surface area contributed by atoms with Crippen molar-refractivity contribution in [1.29, 1.82) is 0 Å². The molecule has 0 radical (unpaired) electrons. The first-order valence-corrected chi connectivity index (χ1v) is 9.82. The minimum atomic E-state index is -0.222. The van der Waals surface area contributed by atoms with Crippen LogP contribution >= 0.6 is 23.2 Å². The molecule has 2 aromatic carbocycles. The summed E-state index contributed by atoms with van der Waals surface area (Å²) in [6, 6.07) is 12.9. The number of ether oxygens (including phenoxy) is 1. The van der Waals surface area contributed by atoms with Crippen LogP contribution in [0.1, 0.15) is 44.6 Å². The molecule has 0 aromatic heterocycles. The summed E-state index contributed by atoms with van der Waals surface area (Å²) in [5.74, 6) is -0.222. The lowest BCUT2D eigenvalue weighted by atomic mass is 10.1. The molecule has 2 rings (SSSR count). The van der Waals surface area contributed by atoms with Gasteiger partial charge in [-0.15, -0.1) is 0 Å². The Labute approximate surface area is 165 Å². The lowest BCUT2D eigenvalue weighted by Crippen LogP contribution is -2.10. The van der Waals surface area contributed by atoms with Crippen LogP contribution in [0.15, 0.2) is 42.5 Å². The highest BCUT2D eigenvalue weighted by Crippen LogP contribution is 2.33. The van der Waals surface area contributed by atoms with Crippen molar-refractivity contribution >= 4 is 40.5 Å². The zero-order chi connectivity index (χ0) is 18.8. The number of carbonyl (C=O) groups is 1. The fourth-order valence-electron chi connectivity index (χ4n) is 2.65. The SMILES string of the molecule is CCCCCCCOC(=O)Cc1ccccc1Nc1c(Cl)cccc1Cl. The molecule has 1 N–H and O–H groups in total. The molecule has 0 unspecified atom stereocenters. The molecule has 0 aliphatic rings. The third-order valence-corrected chi connectivity index (χ3v) is 4.72. The number of hydrogen-bond donors (Lipinski definition) is 1. The van der Waals surface area contributed by atoms with Crippen molar-refractivity contribution in [3.63, 3.8) is 0 Å². The molecular formula is C21H25Cl2NO2. The van der Waals surface area contributed by atoms with Crippen LogP contribution in [0.4, 0.5) is 11.4 Å². The van der Waals surface area contributed by atoms with Crippen LogP contribution in [0, 0.1) is 0 Å². The number of halogens is 2. The van der Waals surface area contributed by atoms with Gasteiger partial charge in [0.05, 0.1) is 28.8 Å². The van der Waals surface area contributed by atoms with Gasteiger partial charge in [0.25, 0.3) is 0 Å². The van der Waals surface area contributed by atoms with Crippen LogP contribution in [0.3, 0.4) is 0 Å². The zero-order valence-corrected chi connectivity index (χ0v) is 16.6. The summed E-state index contributed by atoms with van der Waals surface area (Å²) in [7, 11) is 0. The van der Waals surface area contributed by atoms with Crippen LogP contribution in [0.2, 0.25) is 10.0 Å². The van der Waals surface area contributed by atoms with E-state index in [4.69, 9.17) is 27.9 Å². The smallest absolute Gasteiger partial charge is 0.310 e. The van der Waals surface area contributed by atoms with Crippen LogP contribution in [-0.2, 0) is 16.0 Å². The first-order chi connectivity index (χ1) is 12.6. The lowest BCUT2D eigenvalue weighted by molar-refractivity contribution is -0.142. The van der Waals surface area contributed by atoms with Gasteiger partial charge in [-0.2, -0.15) is 0 Å². The van der Waals surface area contributed by atoms with Gasteiger partial charge in [-0.3, -0.25) is 4.79 Å². The summed E-state index contributed by atoms with van der Waals surface area (Å²) in [5.41, 5.74) is 2.27. The minimum absolute atomic E-state index is 0.209. The highest BCUT2D eigenvalue weighted by molar-refractivity contribution is 6.39. The van der Waals surface area contributed by atoms with Crippen LogP contribution < -0.4 is 5.32 Å². The van der Waals surface area contributed by atoms with Gasteiger partial charge >= 0.3 is 5.97 Å². The number of unbranched alkanes of at least 4 members (excludes halogenated alkanes) is 4. The fourth-order valence-corrected chi connectivity index (χ4v) is 3.14. The van der Waals surface area contributed by atoms with Gasteiger partial charge in [-0.05, 0) is 30.2 Å². The average Bonchev–Trinajstić information content (AvgIpc) is 2.62. The second kappa shape index (κ2) is 11.1. The molecule has 3 nitrogen and oxygen atoms in total. The van der Waals surface area contributed by atoms with Crippen molar-refractivity contribution in [2.75, 3.05) is 11.9 Å². The Kier molecular flexibility index (Phi) is 8.79. The van der Waals surface area contributed by atoms with Gasteiger partial charge in [0.1, 0.15) is 0 Å². The Bertz CT molecular complexity index is 699. The second-order valence-electron chi connectivity index (χ2n) is 6.19. The molecule has 2 aromatic rings. The third-order valence-electron chi connectivity index (χ3n) is 4.09. The van der Waals surface area contributed by atoms with Gasteiger partial charge in [0.2, 0.25) is 0 Å². The maximum atomic E-state index is 12.1. The molecule has 0 spiro atoms. The van der Waals surface area contributed by atoms with Gasteiger partial charge in [0.15, 0.2) is 0 Å². The number of anilines is 2. The monoisotopic (exact) mass is 393 g/mol. The Balaban J connectivity index is 1.93. The normalized spacial score (nSPS) is 10.6. The number of carbonyl (C=O) groups excluding carboxylic acids is 1. The van der Waals surface area contributed by atoms with E-state index in [1.165, 1.54) is 19.3 Å². The van der Waals surface area contributed by atoms with Crippen molar-refractivity contribution in [2.24, 2.45) is 0 Å². The summed E-state index contributed by atoms with van der Waals surface area (Å²) in [6.45, 7) is 2.66. The van der Waals surface area contributed by atoms with E-state index < -0.39 is 0 Å². The molecule has 0 aliphatic carbocycles. The standard InChI is InChI=1S/C21H25Cl2NO2/c1-2-3-4-5-8-14-26-20(25)15-16-10-6-7-13-19(16)24-21-17(22)11-9-12-18(21)23/h6-7,9-13,24H,2-5,8,14-15H2,1H3. The first-order valence-electron chi connectivity index (χ1n) is 9.06. The number of hydrogen-bond acceptors (Lipinski definition) is 3. The Hall–Kier alpha value is -1.71. The molecular weight excluding hydrogens is 369 g/mol. The summed E-state index contributed by atoms with van der Waals surface area (Å²) >= 11 is 12.4. The summed E-state index contributed by atoms with van der Waals surface area (Å²) in [4.78, 5) is 12.1. The predicted molar refractivity (Wildman–Crippen MR) is 110 cm³/mol. The highest BCUT2D eigenvalue weighted by atomic mass is 35.5. The van der Waals surface area contributed by atoms with Crippen molar-refractivity contribution in [3.05, 3.63) is 58.1 Å². The second-order valence-corrected chi connectivity index (χ2v) is 7.00. The van der Waals surface area contributed by atoms with E-state index in [9.17, 15) is 4.79 Å². The van der Waals surface area contributed by atoms with Crippen LogP contribution in [0.25, 0.3) is 0 Å². The van der Waals surface area contributed by atoms with Gasteiger partial charge in [-0.25, -0.2) is 0 Å². The number of para-hydroxylation sites is 2. The molecule has 0 fully saturated rings. The Morgan fingerprint density at radius 3 is 2.38 bits per heavy atom.